The van der Waals surface area contributed by atoms with Crippen molar-refractivity contribution in [2.75, 3.05) is 11.9 Å². The Bertz CT molecular complexity index is 454. The Kier molecular flexibility index (Phi) is 4.89. The van der Waals surface area contributed by atoms with E-state index in [1.54, 1.807) is 0 Å². The van der Waals surface area contributed by atoms with Crippen LogP contribution in [0.15, 0.2) is 18.2 Å². The molecule has 3 N–H and O–H groups in total. The lowest BCUT2D eigenvalue weighted by Gasteiger charge is -2.28. The zero-order valence-corrected chi connectivity index (χ0v) is 11.0. The second-order valence-corrected chi connectivity index (χ2v) is 5.10. The Hall–Kier alpha value is -1.69. The van der Waals surface area contributed by atoms with Gasteiger partial charge >= 0.3 is 6.03 Å². The van der Waals surface area contributed by atoms with Crippen LogP contribution >= 0.6 is 0 Å². The summed E-state index contributed by atoms with van der Waals surface area (Å²) in [5.74, 6) is -1.31. The van der Waals surface area contributed by atoms with Gasteiger partial charge in [-0.2, -0.15) is 0 Å². The van der Waals surface area contributed by atoms with Gasteiger partial charge in [0.25, 0.3) is 0 Å². The molecule has 2 amide bonds. The molecule has 6 heteroatoms. The number of benzene rings is 1. The first-order chi connectivity index (χ1) is 9.60. The Morgan fingerprint density at radius 3 is 2.35 bits per heavy atom. The molecule has 20 heavy (non-hydrogen) atoms. The minimum absolute atomic E-state index is 0.0207. The van der Waals surface area contributed by atoms with Gasteiger partial charge in [0.2, 0.25) is 0 Å². The maximum atomic E-state index is 13.4. The Balaban J connectivity index is 1.87. The summed E-state index contributed by atoms with van der Waals surface area (Å²) in [6.07, 6.45) is 3.21. The smallest absolute Gasteiger partial charge is 0.319 e. The minimum atomic E-state index is -0.802. The highest BCUT2D eigenvalue weighted by Gasteiger charge is 2.22. The van der Waals surface area contributed by atoms with Crippen molar-refractivity contribution >= 4 is 11.7 Å². The number of halogens is 2. The van der Waals surface area contributed by atoms with Gasteiger partial charge in [-0.3, -0.25) is 0 Å². The first-order valence-electron chi connectivity index (χ1n) is 6.72. The van der Waals surface area contributed by atoms with Crippen LogP contribution < -0.4 is 10.6 Å². The standard InChI is InChI=1S/C14H18F2N2O2/c15-11-2-1-3-12(16)13(11)18-14(20)17-10-6-4-9(8-19)5-7-10/h1-3,9-10,19H,4-8H2,(H2,17,18,20). The molecular formula is C14H18F2N2O2. The van der Waals surface area contributed by atoms with E-state index in [1.165, 1.54) is 6.07 Å². The molecule has 0 radical (unpaired) electrons. The third-order valence-corrected chi connectivity index (χ3v) is 3.64. The van der Waals surface area contributed by atoms with Crippen molar-refractivity contribution in [3.63, 3.8) is 0 Å². The number of aliphatic hydroxyl groups is 1. The molecule has 0 atom stereocenters. The van der Waals surface area contributed by atoms with Crippen LogP contribution in [0.1, 0.15) is 25.7 Å². The van der Waals surface area contributed by atoms with E-state index in [2.05, 4.69) is 10.6 Å². The zero-order valence-electron chi connectivity index (χ0n) is 11.0. The summed E-state index contributed by atoms with van der Waals surface area (Å²) in [6.45, 7) is 0.166. The summed E-state index contributed by atoms with van der Waals surface area (Å²) >= 11 is 0. The predicted octanol–water partition coefficient (Wildman–Crippen LogP) is 2.64. The lowest BCUT2D eigenvalue weighted by molar-refractivity contribution is 0.176. The molecule has 0 unspecified atom stereocenters. The summed E-state index contributed by atoms with van der Waals surface area (Å²) in [5, 5.41) is 13.9. The maximum absolute atomic E-state index is 13.4. The molecule has 0 spiro atoms. The van der Waals surface area contributed by atoms with E-state index in [1.807, 2.05) is 0 Å². The van der Waals surface area contributed by atoms with Crippen LogP contribution in [0.5, 0.6) is 0 Å². The van der Waals surface area contributed by atoms with E-state index >= 15 is 0 Å². The third-order valence-electron chi connectivity index (χ3n) is 3.64. The van der Waals surface area contributed by atoms with E-state index in [4.69, 9.17) is 5.11 Å². The Morgan fingerprint density at radius 1 is 1.20 bits per heavy atom. The van der Waals surface area contributed by atoms with Crippen molar-refractivity contribution in [3.05, 3.63) is 29.8 Å². The third kappa shape index (κ3) is 3.66. The second kappa shape index (κ2) is 6.65. The summed E-state index contributed by atoms with van der Waals surface area (Å²) in [4.78, 5) is 11.7. The number of hydrogen-bond acceptors (Lipinski definition) is 2. The van der Waals surface area contributed by atoms with Crippen molar-refractivity contribution in [2.45, 2.75) is 31.7 Å². The first-order valence-corrected chi connectivity index (χ1v) is 6.72. The van der Waals surface area contributed by atoms with Gasteiger partial charge in [0.05, 0.1) is 0 Å². The van der Waals surface area contributed by atoms with Crippen LogP contribution in [-0.4, -0.2) is 23.8 Å². The molecule has 2 rings (SSSR count). The van der Waals surface area contributed by atoms with Gasteiger partial charge in [0, 0.05) is 12.6 Å². The number of rotatable bonds is 3. The van der Waals surface area contributed by atoms with E-state index in [0.717, 1.165) is 37.8 Å². The number of nitrogens with one attached hydrogen (secondary N) is 2. The zero-order chi connectivity index (χ0) is 14.5. The van der Waals surface area contributed by atoms with Crippen LogP contribution in [0.4, 0.5) is 19.3 Å². The van der Waals surface area contributed by atoms with E-state index in [9.17, 15) is 13.6 Å². The highest BCUT2D eigenvalue weighted by atomic mass is 19.1. The van der Waals surface area contributed by atoms with Gasteiger partial charge in [-0.25, -0.2) is 13.6 Å². The number of anilines is 1. The van der Waals surface area contributed by atoms with Gasteiger partial charge in [-0.15, -0.1) is 0 Å². The van der Waals surface area contributed by atoms with Gasteiger partial charge in [0.1, 0.15) is 17.3 Å². The van der Waals surface area contributed by atoms with E-state index in [-0.39, 0.29) is 12.6 Å². The van der Waals surface area contributed by atoms with E-state index in [0.29, 0.717) is 5.92 Å². The van der Waals surface area contributed by atoms with Gasteiger partial charge in [-0.05, 0) is 43.7 Å². The average Bonchev–Trinajstić information content (AvgIpc) is 2.44. The fourth-order valence-electron chi connectivity index (χ4n) is 2.44. The summed E-state index contributed by atoms with van der Waals surface area (Å²) in [5.41, 5.74) is -0.436. The molecule has 0 heterocycles. The van der Waals surface area contributed by atoms with Crippen LogP contribution in [-0.2, 0) is 0 Å². The Labute approximate surface area is 116 Å². The average molecular weight is 284 g/mol. The lowest BCUT2D eigenvalue weighted by Crippen LogP contribution is -2.40. The molecule has 0 aliphatic heterocycles. The molecule has 1 aromatic rings. The summed E-state index contributed by atoms with van der Waals surface area (Å²) in [6, 6.07) is 2.79. The second-order valence-electron chi connectivity index (χ2n) is 5.10. The van der Waals surface area contributed by atoms with Crippen molar-refractivity contribution in [1.82, 2.24) is 5.32 Å². The SMILES string of the molecule is O=C(Nc1c(F)cccc1F)NC1CCC(CO)CC1. The quantitative estimate of drug-likeness (QED) is 0.799. The van der Waals surface area contributed by atoms with Crippen LogP contribution in [0, 0.1) is 17.6 Å². The fraction of sp³-hybridized carbons (Fsp3) is 0.500. The number of carbonyl (C=O) groups is 1. The molecule has 110 valence electrons. The number of carbonyl (C=O) groups excluding carboxylic acids is 1. The van der Waals surface area contributed by atoms with Crippen molar-refractivity contribution in [1.29, 1.82) is 0 Å². The molecule has 1 fully saturated rings. The number of urea groups is 1. The maximum Gasteiger partial charge on any atom is 0.319 e. The molecule has 1 saturated carbocycles. The van der Waals surface area contributed by atoms with Gasteiger partial charge in [-0.1, -0.05) is 6.07 Å². The summed E-state index contributed by atoms with van der Waals surface area (Å²) in [7, 11) is 0. The lowest BCUT2D eigenvalue weighted by atomic mass is 9.87. The molecule has 0 saturated heterocycles. The van der Waals surface area contributed by atoms with Crippen molar-refractivity contribution < 1.29 is 18.7 Å². The predicted molar refractivity (Wildman–Crippen MR) is 71.3 cm³/mol. The van der Waals surface area contributed by atoms with Crippen LogP contribution in [0.2, 0.25) is 0 Å². The van der Waals surface area contributed by atoms with Crippen LogP contribution in [0.25, 0.3) is 0 Å². The molecular weight excluding hydrogens is 266 g/mol. The normalized spacial score (nSPS) is 22.4. The number of amides is 2. The Morgan fingerprint density at radius 2 is 1.80 bits per heavy atom. The number of aliphatic hydroxyl groups excluding tert-OH is 1. The highest BCUT2D eigenvalue weighted by Crippen LogP contribution is 2.24. The first kappa shape index (κ1) is 14.7. The monoisotopic (exact) mass is 284 g/mol. The molecule has 0 bridgehead atoms. The molecule has 4 nitrogen and oxygen atoms in total. The molecule has 1 aliphatic carbocycles. The fourth-order valence-corrected chi connectivity index (χ4v) is 2.44. The topological polar surface area (TPSA) is 61.4 Å². The summed E-state index contributed by atoms with van der Waals surface area (Å²) < 4.78 is 26.8. The minimum Gasteiger partial charge on any atom is -0.396 e. The van der Waals surface area contributed by atoms with Crippen molar-refractivity contribution in [3.8, 4) is 0 Å². The number of para-hydroxylation sites is 1. The van der Waals surface area contributed by atoms with Crippen LogP contribution in [0.3, 0.4) is 0 Å². The molecule has 1 aromatic carbocycles. The number of hydrogen-bond donors (Lipinski definition) is 3. The largest absolute Gasteiger partial charge is 0.396 e. The van der Waals surface area contributed by atoms with Gasteiger partial charge in [0.15, 0.2) is 0 Å². The van der Waals surface area contributed by atoms with Crippen molar-refractivity contribution in [2.24, 2.45) is 5.92 Å². The molecule has 1 aliphatic rings. The molecule has 0 aromatic heterocycles. The highest BCUT2D eigenvalue weighted by molar-refractivity contribution is 5.89. The van der Waals surface area contributed by atoms with E-state index < -0.39 is 23.4 Å². The van der Waals surface area contributed by atoms with Gasteiger partial charge < -0.3 is 15.7 Å².